The zero-order valence-corrected chi connectivity index (χ0v) is 14.1. The molecule has 2 N–H and O–H groups in total. The van der Waals surface area contributed by atoms with Gasteiger partial charge in [-0.25, -0.2) is 4.79 Å². The molecule has 2 heterocycles. The summed E-state index contributed by atoms with van der Waals surface area (Å²) in [4.78, 5) is 14.0. The molecule has 0 spiro atoms. The number of urea groups is 1. The van der Waals surface area contributed by atoms with Gasteiger partial charge in [-0.05, 0) is 38.8 Å². The predicted molar refractivity (Wildman–Crippen MR) is 91.1 cm³/mol. The van der Waals surface area contributed by atoms with Gasteiger partial charge in [0.05, 0.1) is 18.8 Å². The summed E-state index contributed by atoms with van der Waals surface area (Å²) >= 11 is 0. The fraction of sp³-hybridized carbons (Fsp3) is 0.500. The average Bonchev–Trinajstić information content (AvgIpc) is 3.00. The molecule has 2 amide bonds. The van der Waals surface area contributed by atoms with Crippen molar-refractivity contribution < 1.29 is 19.1 Å². The quantitative estimate of drug-likeness (QED) is 0.902. The SMILES string of the molecule is CCOc1cccc2cc(C(C)NC(=O)N3CCCC(O)C3)oc12. The Bertz CT molecular complexity index is 712. The number of rotatable bonds is 4. The molecule has 1 fully saturated rings. The lowest BCUT2D eigenvalue weighted by molar-refractivity contribution is 0.0832. The number of fused-ring (bicyclic) bond motifs is 1. The second-order valence-electron chi connectivity index (χ2n) is 6.17. The molecule has 0 saturated carbocycles. The number of hydrogen-bond acceptors (Lipinski definition) is 4. The fourth-order valence-corrected chi connectivity index (χ4v) is 3.03. The van der Waals surface area contributed by atoms with Crippen LogP contribution in [-0.4, -0.2) is 41.8 Å². The maximum absolute atomic E-state index is 12.3. The lowest BCUT2D eigenvalue weighted by Crippen LogP contribution is -2.47. The number of hydrogen-bond donors (Lipinski definition) is 2. The number of ether oxygens (including phenoxy) is 1. The van der Waals surface area contributed by atoms with Crippen molar-refractivity contribution in [2.75, 3.05) is 19.7 Å². The van der Waals surface area contributed by atoms with Crippen LogP contribution in [0.3, 0.4) is 0 Å². The molecule has 2 unspecified atom stereocenters. The molecule has 130 valence electrons. The Kier molecular flexibility index (Phi) is 4.94. The molecule has 1 aromatic carbocycles. The van der Waals surface area contributed by atoms with Crippen LogP contribution in [0.25, 0.3) is 11.0 Å². The van der Waals surface area contributed by atoms with E-state index in [1.165, 1.54) is 0 Å². The van der Waals surface area contributed by atoms with Gasteiger partial charge in [-0.15, -0.1) is 0 Å². The minimum absolute atomic E-state index is 0.174. The van der Waals surface area contributed by atoms with Crippen LogP contribution < -0.4 is 10.1 Å². The number of carbonyl (C=O) groups is 1. The lowest BCUT2D eigenvalue weighted by atomic mass is 10.1. The van der Waals surface area contributed by atoms with E-state index >= 15 is 0 Å². The summed E-state index contributed by atoms with van der Waals surface area (Å²) in [7, 11) is 0. The van der Waals surface area contributed by atoms with Gasteiger partial charge in [0.15, 0.2) is 11.3 Å². The standard InChI is InChI=1S/C18H24N2O4/c1-3-23-15-8-4-6-13-10-16(24-17(13)15)12(2)19-18(22)20-9-5-7-14(21)11-20/h4,6,8,10,12,14,21H,3,5,7,9,11H2,1-2H3,(H,19,22). The van der Waals surface area contributed by atoms with E-state index in [2.05, 4.69) is 5.32 Å². The largest absolute Gasteiger partial charge is 0.490 e. The number of nitrogens with one attached hydrogen (secondary N) is 1. The number of para-hydroxylation sites is 1. The van der Waals surface area contributed by atoms with Crippen LogP contribution in [0.2, 0.25) is 0 Å². The highest BCUT2D eigenvalue weighted by Crippen LogP contribution is 2.31. The number of carbonyl (C=O) groups excluding carboxylic acids is 1. The molecule has 1 aliphatic heterocycles. The van der Waals surface area contributed by atoms with E-state index in [-0.39, 0.29) is 12.1 Å². The van der Waals surface area contributed by atoms with Gasteiger partial charge in [-0.1, -0.05) is 12.1 Å². The van der Waals surface area contributed by atoms with Crippen molar-refractivity contribution in [1.29, 1.82) is 0 Å². The molecule has 0 aliphatic carbocycles. The van der Waals surface area contributed by atoms with Gasteiger partial charge in [0.25, 0.3) is 0 Å². The van der Waals surface area contributed by atoms with E-state index in [0.717, 1.165) is 18.2 Å². The minimum atomic E-state index is -0.431. The molecule has 2 aromatic rings. The molecule has 6 nitrogen and oxygen atoms in total. The molecule has 1 saturated heterocycles. The third-order valence-corrected chi connectivity index (χ3v) is 4.28. The minimum Gasteiger partial charge on any atom is -0.490 e. The Morgan fingerprint density at radius 1 is 1.54 bits per heavy atom. The van der Waals surface area contributed by atoms with Gasteiger partial charge in [-0.3, -0.25) is 0 Å². The average molecular weight is 332 g/mol. The maximum Gasteiger partial charge on any atom is 0.318 e. The van der Waals surface area contributed by atoms with Crippen LogP contribution in [0, 0.1) is 0 Å². The van der Waals surface area contributed by atoms with Crippen LogP contribution in [0.1, 0.15) is 38.5 Å². The van der Waals surface area contributed by atoms with Crippen LogP contribution >= 0.6 is 0 Å². The van der Waals surface area contributed by atoms with Crippen molar-refractivity contribution in [1.82, 2.24) is 10.2 Å². The first kappa shape index (κ1) is 16.6. The highest BCUT2D eigenvalue weighted by atomic mass is 16.5. The zero-order chi connectivity index (χ0) is 17.1. The number of likely N-dealkylation sites (tertiary alicyclic amines) is 1. The zero-order valence-electron chi connectivity index (χ0n) is 14.1. The van der Waals surface area contributed by atoms with Crippen LogP contribution in [0.4, 0.5) is 4.79 Å². The van der Waals surface area contributed by atoms with Gasteiger partial charge in [0.1, 0.15) is 5.76 Å². The first-order valence-electron chi connectivity index (χ1n) is 8.47. The molecular formula is C18H24N2O4. The predicted octanol–water partition coefficient (Wildman–Crippen LogP) is 3.06. The molecule has 1 aliphatic rings. The Labute approximate surface area is 141 Å². The number of β-amino-alcohol motifs (C(OH)–C–C–N with tert-alkyl or cyclic N) is 1. The summed E-state index contributed by atoms with van der Waals surface area (Å²) in [5, 5.41) is 13.6. The summed E-state index contributed by atoms with van der Waals surface area (Å²) < 4.78 is 11.5. The van der Waals surface area contributed by atoms with Crippen molar-refractivity contribution in [3.05, 3.63) is 30.0 Å². The highest BCUT2D eigenvalue weighted by molar-refractivity contribution is 5.84. The van der Waals surface area contributed by atoms with Gasteiger partial charge in [-0.2, -0.15) is 0 Å². The molecular weight excluding hydrogens is 308 g/mol. The maximum atomic E-state index is 12.3. The van der Waals surface area contributed by atoms with Crippen LogP contribution in [-0.2, 0) is 0 Å². The third-order valence-electron chi connectivity index (χ3n) is 4.28. The highest BCUT2D eigenvalue weighted by Gasteiger charge is 2.24. The van der Waals surface area contributed by atoms with Crippen molar-refractivity contribution in [2.45, 2.75) is 38.8 Å². The molecule has 0 bridgehead atoms. The van der Waals surface area contributed by atoms with Gasteiger partial charge in [0.2, 0.25) is 0 Å². The second-order valence-corrected chi connectivity index (χ2v) is 6.17. The van der Waals surface area contributed by atoms with Crippen molar-refractivity contribution in [3.63, 3.8) is 0 Å². The second kappa shape index (κ2) is 7.13. The Balaban J connectivity index is 1.72. The van der Waals surface area contributed by atoms with E-state index < -0.39 is 6.10 Å². The van der Waals surface area contributed by atoms with Crippen LogP contribution in [0.15, 0.2) is 28.7 Å². The summed E-state index contributed by atoms with van der Waals surface area (Å²) in [5.74, 6) is 1.39. The number of aliphatic hydroxyl groups is 1. The first-order chi connectivity index (χ1) is 11.6. The summed E-state index contributed by atoms with van der Waals surface area (Å²) in [6.45, 7) is 5.44. The third kappa shape index (κ3) is 3.48. The van der Waals surface area contributed by atoms with Gasteiger partial charge >= 0.3 is 6.03 Å². The molecule has 24 heavy (non-hydrogen) atoms. The molecule has 6 heteroatoms. The number of amides is 2. The van der Waals surface area contributed by atoms with Crippen LogP contribution in [0.5, 0.6) is 5.75 Å². The number of benzene rings is 1. The Morgan fingerprint density at radius 2 is 2.38 bits per heavy atom. The first-order valence-corrected chi connectivity index (χ1v) is 8.47. The van der Waals surface area contributed by atoms with E-state index in [4.69, 9.17) is 9.15 Å². The number of furan rings is 1. The normalized spacial score (nSPS) is 19.3. The summed E-state index contributed by atoms with van der Waals surface area (Å²) in [5.41, 5.74) is 0.698. The smallest absolute Gasteiger partial charge is 0.318 e. The fourth-order valence-electron chi connectivity index (χ4n) is 3.03. The lowest BCUT2D eigenvalue weighted by Gasteiger charge is -2.30. The molecule has 1 aromatic heterocycles. The number of nitrogens with zero attached hydrogens (tertiary/aromatic N) is 1. The summed E-state index contributed by atoms with van der Waals surface area (Å²) in [6.07, 6.45) is 1.15. The molecule has 0 radical (unpaired) electrons. The summed E-state index contributed by atoms with van der Waals surface area (Å²) in [6, 6.07) is 7.24. The topological polar surface area (TPSA) is 74.9 Å². The number of aliphatic hydroxyl groups excluding tert-OH is 1. The Hall–Kier alpha value is -2.21. The van der Waals surface area contributed by atoms with E-state index in [0.29, 0.717) is 36.8 Å². The van der Waals surface area contributed by atoms with E-state index in [1.807, 2.05) is 38.1 Å². The molecule has 2 atom stereocenters. The van der Waals surface area contributed by atoms with Gasteiger partial charge in [0, 0.05) is 18.5 Å². The van der Waals surface area contributed by atoms with Gasteiger partial charge < -0.3 is 24.5 Å². The van der Waals surface area contributed by atoms with Crippen molar-refractivity contribution in [2.24, 2.45) is 0 Å². The molecule has 3 rings (SSSR count). The van der Waals surface area contributed by atoms with E-state index in [9.17, 15) is 9.90 Å². The number of piperidine rings is 1. The van der Waals surface area contributed by atoms with E-state index in [1.54, 1.807) is 4.90 Å². The van der Waals surface area contributed by atoms with Crippen molar-refractivity contribution >= 4 is 17.0 Å². The van der Waals surface area contributed by atoms with Crippen molar-refractivity contribution in [3.8, 4) is 5.75 Å². The Morgan fingerprint density at radius 3 is 3.12 bits per heavy atom. The monoisotopic (exact) mass is 332 g/mol.